The van der Waals surface area contributed by atoms with Crippen molar-refractivity contribution in [3.8, 4) is 0 Å². The van der Waals surface area contributed by atoms with E-state index in [1.165, 1.54) is 0 Å². The van der Waals surface area contributed by atoms with Crippen LogP contribution in [-0.4, -0.2) is 65.5 Å². The molecule has 24 heavy (non-hydrogen) atoms. The monoisotopic (exact) mass is 353 g/mol. The zero-order chi connectivity index (χ0) is 17.5. The number of rotatable bonds is 8. The number of likely N-dealkylation sites (N-methyl/N-ethyl adjacent to an activating group) is 1. The van der Waals surface area contributed by atoms with Crippen molar-refractivity contribution in [2.24, 2.45) is 0 Å². The largest absolute Gasteiger partial charge is 0.480 e. The van der Waals surface area contributed by atoms with Gasteiger partial charge in [-0.3, -0.25) is 19.4 Å². The van der Waals surface area contributed by atoms with Crippen LogP contribution in [0.15, 0.2) is 17.5 Å². The molecule has 1 amide bonds. The number of amides is 1. The van der Waals surface area contributed by atoms with Crippen molar-refractivity contribution >= 4 is 23.2 Å². The Morgan fingerprint density at radius 2 is 2.17 bits per heavy atom. The average molecular weight is 353 g/mol. The number of piperidine rings is 1. The Balaban J connectivity index is 1.74. The number of carbonyl (C=O) groups excluding carboxylic acids is 1. The van der Waals surface area contributed by atoms with E-state index in [1.54, 1.807) is 11.3 Å². The van der Waals surface area contributed by atoms with Gasteiger partial charge < -0.3 is 10.4 Å². The smallest absolute Gasteiger partial charge is 0.317 e. The number of nitrogens with one attached hydrogen (secondary N) is 1. The molecule has 0 spiro atoms. The molecule has 0 bridgehead atoms. The molecule has 0 aliphatic carbocycles. The molecular weight excluding hydrogens is 326 g/mol. The minimum atomic E-state index is -0.777. The second-order valence-electron chi connectivity index (χ2n) is 6.27. The molecule has 1 unspecified atom stereocenters. The van der Waals surface area contributed by atoms with Crippen LogP contribution in [0.2, 0.25) is 0 Å². The van der Waals surface area contributed by atoms with E-state index in [1.807, 2.05) is 36.3 Å². The standard InChI is InChI=1S/C17H27N3O3S/c1-3-20(12-17(22)23)14-6-8-19(9-7-14)11-16(21)18-13(2)15-5-4-10-24-15/h4-5,10,13-14H,3,6-9,11-12H2,1-2H3,(H,18,21)(H,22,23). The molecule has 1 aliphatic heterocycles. The number of carboxylic acid groups (broad SMARTS) is 1. The summed E-state index contributed by atoms with van der Waals surface area (Å²) in [6.07, 6.45) is 1.82. The van der Waals surface area contributed by atoms with Gasteiger partial charge >= 0.3 is 5.97 Å². The highest BCUT2D eigenvalue weighted by Crippen LogP contribution is 2.19. The van der Waals surface area contributed by atoms with Crippen molar-refractivity contribution in [3.05, 3.63) is 22.4 Å². The van der Waals surface area contributed by atoms with Crippen LogP contribution in [0.3, 0.4) is 0 Å². The third kappa shape index (κ3) is 5.58. The average Bonchev–Trinajstić information content (AvgIpc) is 3.07. The lowest BCUT2D eigenvalue weighted by molar-refractivity contribution is -0.139. The minimum absolute atomic E-state index is 0.0428. The zero-order valence-corrected chi connectivity index (χ0v) is 15.2. The van der Waals surface area contributed by atoms with E-state index in [-0.39, 0.29) is 18.5 Å². The molecule has 1 saturated heterocycles. The molecule has 2 heterocycles. The van der Waals surface area contributed by atoms with Gasteiger partial charge in [-0.25, -0.2) is 0 Å². The first-order valence-corrected chi connectivity index (χ1v) is 9.38. The van der Waals surface area contributed by atoms with Gasteiger partial charge in [-0.2, -0.15) is 0 Å². The van der Waals surface area contributed by atoms with Crippen molar-refractivity contribution < 1.29 is 14.7 Å². The van der Waals surface area contributed by atoms with Crippen molar-refractivity contribution in [2.45, 2.75) is 38.8 Å². The van der Waals surface area contributed by atoms with Crippen molar-refractivity contribution in [1.82, 2.24) is 15.1 Å². The lowest BCUT2D eigenvalue weighted by Gasteiger charge is -2.37. The summed E-state index contributed by atoms with van der Waals surface area (Å²) in [6.45, 7) is 6.92. The maximum absolute atomic E-state index is 12.2. The Labute approximate surface area is 147 Å². The first-order valence-electron chi connectivity index (χ1n) is 8.50. The van der Waals surface area contributed by atoms with E-state index in [2.05, 4.69) is 10.2 Å². The first-order chi connectivity index (χ1) is 11.5. The Hall–Kier alpha value is -1.44. The van der Waals surface area contributed by atoms with E-state index in [0.717, 1.165) is 37.4 Å². The number of thiophene rings is 1. The van der Waals surface area contributed by atoms with Gasteiger partial charge in [0.05, 0.1) is 19.1 Å². The van der Waals surface area contributed by atoms with E-state index < -0.39 is 5.97 Å². The zero-order valence-electron chi connectivity index (χ0n) is 14.4. The second-order valence-corrected chi connectivity index (χ2v) is 7.25. The van der Waals surface area contributed by atoms with Crippen LogP contribution < -0.4 is 5.32 Å². The first kappa shape index (κ1) is 18.9. The maximum Gasteiger partial charge on any atom is 0.317 e. The molecule has 1 atom stereocenters. The summed E-state index contributed by atoms with van der Waals surface area (Å²) in [6, 6.07) is 4.36. The van der Waals surface area contributed by atoms with Crippen LogP contribution >= 0.6 is 11.3 Å². The number of carboxylic acids is 1. The van der Waals surface area contributed by atoms with E-state index in [4.69, 9.17) is 5.11 Å². The Bertz CT molecular complexity index is 527. The van der Waals surface area contributed by atoms with Gasteiger partial charge in [0.25, 0.3) is 0 Å². The highest BCUT2D eigenvalue weighted by Gasteiger charge is 2.26. The molecule has 7 heteroatoms. The van der Waals surface area contributed by atoms with Crippen LogP contribution in [-0.2, 0) is 9.59 Å². The summed E-state index contributed by atoms with van der Waals surface area (Å²) in [4.78, 5) is 28.4. The van der Waals surface area contributed by atoms with Crippen LogP contribution in [0.25, 0.3) is 0 Å². The van der Waals surface area contributed by atoms with Gasteiger partial charge in [-0.1, -0.05) is 13.0 Å². The highest BCUT2D eigenvalue weighted by molar-refractivity contribution is 7.10. The number of nitrogens with zero attached hydrogens (tertiary/aromatic N) is 2. The van der Waals surface area contributed by atoms with Gasteiger partial charge in [0.1, 0.15) is 0 Å². The van der Waals surface area contributed by atoms with Gasteiger partial charge in [0.15, 0.2) is 0 Å². The van der Waals surface area contributed by atoms with Crippen molar-refractivity contribution in [3.63, 3.8) is 0 Å². The van der Waals surface area contributed by atoms with Crippen LogP contribution in [0.5, 0.6) is 0 Å². The predicted octanol–water partition coefficient (Wildman–Crippen LogP) is 1.80. The Morgan fingerprint density at radius 3 is 2.71 bits per heavy atom. The molecular formula is C17H27N3O3S. The molecule has 1 fully saturated rings. The van der Waals surface area contributed by atoms with Crippen LogP contribution in [0.1, 0.15) is 37.6 Å². The summed E-state index contributed by atoms with van der Waals surface area (Å²) >= 11 is 1.65. The van der Waals surface area contributed by atoms with Crippen molar-refractivity contribution in [1.29, 1.82) is 0 Å². The van der Waals surface area contributed by atoms with Gasteiger partial charge in [0, 0.05) is 24.0 Å². The molecule has 134 valence electrons. The van der Waals surface area contributed by atoms with E-state index in [0.29, 0.717) is 12.6 Å². The number of hydrogen-bond acceptors (Lipinski definition) is 5. The maximum atomic E-state index is 12.2. The SMILES string of the molecule is CCN(CC(=O)O)C1CCN(CC(=O)NC(C)c2cccs2)CC1. The molecule has 0 saturated carbocycles. The second kappa shape index (κ2) is 9.15. The summed E-state index contributed by atoms with van der Waals surface area (Å²) < 4.78 is 0. The van der Waals surface area contributed by atoms with Crippen LogP contribution in [0.4, 0.5) is 0 Å². The number of likely N-dealkylation sites (tertiary alicyclic amines) is 1. The molecule has 1 aromatic rings. The normalized spacial score (nSPS) is 17.8. The van der Waals surface area contributed by atoms with Crippen molar-refractivity contribution in [2.75, 3.05) is 32.7 Å². The number of hydrogen-bond donors (Lipinski definition) is 2. The highest BCUT2D eigenvalue weighted by atomic mass is 32.1. The summed E-state index contributed by atoms with van der Waals surface area (Å²) in [7, 11) is 0. The fourth-order valence-corrected chi connectivity index (χ4v) is 3.95. The van der Waals surface area contributed by atoms with Gasteiger partial charge in [-0.15, -0.1) is 11.3 Å². The predicted molar refractivity (Wildman–Crippen MR) is 95.2 cm³/mol. The third-order valence-corrected chi connectivity index (χ3v) is 5.59. The lowest BCUT2D eigenvalue weighted by Crippen LogP contribution is -2.48. The molecule has 1 aromatic heterocycles. The summed E-state index contributed by atoms with van der Waals surface area (Å²) in [5.41, 5.74) is 0. The molecule has 2 rings (SSSR count). The van der Waals surface area contributed by atoms with E-state index >= 15 is 0 Å². The minimum Gasteiger partial charge on any atom is -0.480 e. The fraction of sp³-hybridized carbons (Fsp3) is 0.647. The Morgan fingerprint density at radius 1 is 1.46 bits per heavy atom. The lowest BCUT2D eigenvalue weighted by atomic mass is 10.0. The molecule has 1 aliphatic rings. The third-order valence-electron chi connectivity index (χ3n) is 4.53. The molecule has 0 radical (unpaired) electrons. The number of carbonyl (C=O) groups is 2. The molecule has 0 aromatic carbocycles. The summed E-state index contributed by atoms with van der Waals surface area (Å²) in [5.74, 6) is -0.728. The molecule has 6 nitrogen and oxygen atoms in total. The van der Waals surface area contributed by atoms with Gasteiger partial charge in [0.2, 0.25) is 5.91 Å². The fourth-order valence-electron chi connectivity index (χ4n) is 3.21. The van der Waals surface area contributed by atoms with Crippen LogP contribution in [0, 0.1) is 0 Å². The summed E-state index contributed by atoms with van der Waals surface area (Å²) in [5, 5.41) is 14.0. The number of aliphatic carboxylic acids is 1. The Kier molecular flexibility index (Phi) is 7.20. The van der Waals surface area contributed by atoms with Gasteiger partial charge in [-0.05, 0) is 37.8 Å². The quantitative estimate of drug-likeness (QED) is 0.745. The van der Waals surface area contributed by atoms with E-state index in [9.17, 15) is 9.59 Å². The molecule has 2 N–H and O–H groups in total. The topological polar surface area (TPSA) is 72.9 Å².